The van der Waals surface area contributed by atoms with Crippen LogP contribution < -0.4 is 0 Å². The molecule has 3 aliphatic rings. The summed E-state index contributed by atoms with van der Waals surface area (Å²) in [6.07, 6.45) is 6.38. The minimum Gasteiger partial charge on any atom is -0.376 e. The molecule has 3 fully saturated rings. The first-order valence-corrected chi connectivity index (χ1v) is 11.3. The second-order valence-electron chi connectivity index (χ2n) is 9.08. The fourth-order valence-corrected chi connectivity index (χ4v) is 6.05. The summed E-state index contributed by atoms with van der Waals surface area (Å²) in [5.74, 6) is 0.993. The number of carbonyl (C=O) groups excluding carboxylic acids is 1. The number of likely N-dealkylation sites (tertiary alicyclic amines) is 2. The highest BCUT2D eigenvalue weighted by molar-refractivity contribution is 7.13. The fraction of sp³-hybridized carbons (Fsp3) is 0.810. The van der Waals surface area contributed by atoms with Gasteiger partial charge in [-0.2, -0.15) is 0 Å². The molecule has 1 amide bonds. The number of nitrogens with zero attached hydrogens (tertiary/aromatic N) is 3. The molecular formula is C21H33N3O2S. The number of hydrogen-bond acceptors (Lipinski definition) is 5. The monoisotopic (exact) mass is 391 g/mol. The van der Waals surface area contributed by atoms with Gasteiger partial charge in [-0.1, -0.05) is 6.92 Å². The zero-order chi connectivity index (χ0) is 19.0. The average molecular weight is 392 g/mol. The van der Waals surface area contributed by atoms with Gasteiger partial charge in [0.15, 0.2) is 0 Å². The molecule has 0 unspecified atom stereocenters. The second-order valence-corrected chi connectivity index (χ2v) is 10.3. The number of aryl methyl sites for hydroxylation is 2. The van der Waals surface area contributed by atoms with Gasteiger partial charge in [0.25, 0.3) is 5.91 Å². The molecule has 0 aliphatic carbocycles. The van der Waals surface area contributed by atoms with Crippen molar-refractivity contribution in [2.24, 2.45) is 11.3 Å². The summed E-state index contributed by atoms with van der Waals surface area (Å²) in [6, 6.07) is 0. The van der Waals surface area contributed by atoms with Crippen LogP contribution in [0.1, 0.15) is 59.4 Å². The van der Waals surface area contributed by atoms with E-state index < -0.39 is 0 Å². The van der Waals surface area contributed by atoms with Crippen LogP contribution in [0.3, 0.4) is 0 Å². The van der Waals surface area contributed by atoms with Crippen molar-refractivity contribution in [2.75, 3.05) is 39.3 Å². The molecule has 0 radical (unpaired) electrons. The average Bonchev–Trinajstić information content (AvgIpc) is 3.18. The molecule has 6 heteroatoms. The molecule has 0 N–H and O–H groups in total. The molecule has 3 aliphatic heterocycles. The third kappa shape index (κ3) is 4.22. The molecule has 0 aromatic carbocycles. The summed E-state index contributed by atoms with van der Waals surface area (Å²) >= 11 is 1.53. The number of amides is 1. The van der Waals surface area contributed by atoms with Gasteiger partial charge in [0.05, 0.1) is 23.4 Å². The highest BCUT2D eigenvalue weighted by Crippen LogP contribution is 2.42. The van der Waals surface area contributed by atoms with Crippen LogP contribution in [0.15, 0.2) is 0 Å². The third-order valence-corrected chi connectivity index (χ3v) is 7.76. The van der Waals surface area contributed by atoms with E-state index in [1.165, 1.54) is 43.7 Å². The Balaban J connectivity index is 1.30. The summed E-state index contributed by atoms with van der Waals surface area (Å²) < 4.78 is 6.23. The van der Waals surface area contributed by atoms with E-state index in [4.69, 9.17) is 4.74 Å². The van der Waals surface area contributed by atoms with E-state index in [1.54, 1.807) is 0 Å². The summed E-state index contributed by atoms with van der Waals surface area (Å²) in [6.45, 7) is 12.4. The molecule has 0 bridgehead atoms. The van der Waals surface area contributed by atoms with Crippen LogP contribution >= 0.6 is 11.3 Å². The number of carbonyl (C=O) groups is 1. The quantitative estimate of drug-likeness (QED) is 0.791. The van der Waals surface area contributed by atoms with Gasteiger partial charge in [-0.25, -0.2) is 4.98 Å². The van der Waals surface area contributed by atoms with Crippen molar-refractivity contribution in [3.8, 4) is 0 Å². The normalized spacial score (nSPS) is 28.8. The van der Waals surface area contributed by atoms with E-state index in [0.29, 0.717) is 11.5 Å². The maximum Gasteiger partial charge on any atom is 0.265 e. The number of rotatable bonds is 3. The minimum absolute atomic E-state index is 0.172. The Morgan fingerprint density at radius 1 is 1.30 bits per heavy atom. The fourth-order valence-electron chi connectivity index (χ4n) is 5.16. The zero-order valence-electron chi connectivity index (χ0n) is 17.0. The maximum absolute atomic E-state index is 12.9. The maximum atomic E-state index is 12.9. The number of hydrogen-bond donors (Lipinski definition) is 0. The Bertz CT molecular complexity index is 681. The van der Waals surface area contributed by atoms with Crippen LogP contribution in [0.2, 0.25) is 0 Å². The van der Waals surface area contributed by atoms with Gasteiger partial charge in [-0.3, -0.25) is 4.79 Å². The molecule has 3 saturated heterocycles. The lowest BCUT2D eigenvalue weighted by Gasteiger charge is -2.38. The number of thiazole rings is 1. The molecule has 0 saturated carbocycles. The number of aromatic nitrogens is 1. The van der Waals surface area contributed by atoms with Crippen molar-refractivity contribution >= 4 is 17.2 Å². The minimum atomic E-state index is 0.172. The van der Waals surface area contributed by atoms with E-state index in [2.05, 4.69) is 16.8 Å². The molecule has 27 heavy (non-hydrogen) atoms. The predicted octanol–water partition coefficient (Wildman–Crippen LogP) is 3.50. The standard InChI is InChI=1S/C21H33N3O2S/c1-15-5-4-8-23(12-15)13-18-11-21(14-26-18)6-9-24(10-7-21)20(25)19-16(2)22-17(3)27-19/h15,18H,4-14H2,1-3H3/t15-,18+/m0/s1. The molecule has 4 heterocycles. The Morgan fingerprint density at radius 2 is 2.07 bits per heavy atom. The van der Waals surface area contributed by atoms with Crippen molar-refractivity contribution in [1.29, 1.82) is 0 Å². The molecule has 150 valence electrons. The number of piperidine rings is 2. The Hall–Kier alpha value is -0.980. The smallest absolute Gasteiger partial charge is 0.265 e. The molecule has 1 aromatic heterocycles. The highest BCUT2D eigenvalue weighted by Gasteiger charge is 2.43. The van der Waals surface area contributed by atoms with Gasteiger partial charge in [0, 0.05) is 26.2 Å². The van der Waals surface area contributed by atoms with Crippen LogP contribution in [-0.4, -0.2) is 66.1 Å². The van der Waals surface area contributed by atoms with E-state index in [1.807, 2.05) is 18.7 Å². The van der Waals surface area contributed by atoms with Crippen molar-refractivity contribution in [2.45, 2.75) is 59.0 Å². The first kappa shape index (κ1) is 19.3. The van der Waals surface area contributed by atoms with E-state index in [0.717, 1.165) is 60.6 Å². The largest absolute Gasteiger partial charge is 0.376 e. The first-order valence-electron chi connectivity index (χ1n) is 10.5. The lowest BCUT2D eigenvalue weighted by molar-refractivity contribution is 0.0403. The molecule has 1 aromatic rings. The topological polar surface area (TPSA) is 45.7 Å². The van der Waals surface area contributed by atoms with Gasteiger partial charge in [0.1, 0.15) is 4.88 Å². The van der Waals surface area contributed by atoms with Crippen LogP contribution in [0, 0.1) is 25.2 Å². The van der Waals surface area contributed by atoms with Gasteiger partial charge < -0.3 is 14.5 Å². The van der Waals surface area contributed by atoms with E-state index in [-0.39, 0.29) is 5.91 Å². The Kier molecular flexibility index (Phi) is 5.59. The van der Waals surface area contributed by atoms with E-state index in [9.17, 15) is 4.79 Å². The van der Waals surface area contributed by atoms with Crippen LogP contribution in [-0.2, 0) is 4.74 Å². The van der Waals surface area contributed by atoms with Crippen molar-refractivity contribution in [1.82, 2.24) is 14.8 Å². The lowest BCUT2D eigenvalue weighted by Crippen LogP contribution is -2.44. The van der Waals surface area contributed by atoms with Crippen LogP contribution in [0.4, 0.5) is 0 Å². The van der Waals surface area contributed by atoms with Crippen molar-refractivity contribution in [3.63, 3.8) is 0 Å². The Labute approximate surface area is 167 Å². The molecule has 2 atom stereocenters. The molecule has 4 rings (SSSR count). The highest BCUT2D eigenvalue weighted by atomic mass is 32.1. The lowest BCUT2D eigenvalue weighted by atomic mass is 9.76. The number of ether oxygens (including phenoxy) is 1. The summed E-state index contributed by atoms with van der Waals surface area (Å²) in [5.41, 5.74) is 1.17. The van der Waals surface area contributed by atoms with Crippen LogP contribution in [0.5, 0.6) is 0 Å². The Morgan fingerprint density at radius 3 is 2.74 bits per heavy atom. The third-order valence-electron chi connectivity index (χ3n) is 6.70. The zero-order valence-corrected chi connectivity index (χ0v) is 17.8. The molecule has 5 nitrogen and oxygen atoms in total. The van der Waals surface area contributed by atoms with E-state index >= 15 is 0 Å². The van der Waals surface area contributed by atoms with Gasteiger partial charge in [0.2, 0.25) is 0 Å². The van der Waals surface area contributed by atoms with Gasteiger partial charge >= 0.3 is 0 Å². The van der Waals surface area contributed by atoms with Gasteiger partial charge in [-0.15, -0.1) is 11.3 Å². The summed E-state index contributed by atoms with van der Waals surface area (Å²) in [7, 11) is 0. The SMILES string of the molecule is Cc1nc(C)c(C(=O)N2CCC3(CC2)CO[C@@H](CN2CCC[C@H](C)C2)C3)s1. The van der Waals surface area contributed by atoms with Crippen molar-refractivity contribution in [3.05, 3.63) is 15.6 Å². The first-order chi connectivity index (χ1) is 12.9. The van der Waals surface area contributed by atoms with Gasteiger partial charge in [-0.05, 0) is 63.8 Å². The predicted molar refractivity (Wildman–Crippen MR) is 108 cm³/mol. The molecular weight excluding hydrogens is 358 g/mol. The second kappa shape index (κ2) is 7.80. The van der Waals surface area contributed by atoms with Crippen LogP contribution in [0.25, 0.3) is 0 Å². The summed E-state index contributed by atoms with van der Waals surface area (Å²) in [5, 5.41) is 0.975. The van der Waals surface area contributed by atoms with Crippen molar-refractivity contribution < 1.29 is 9.53 Å². The summed E-state index contributed by atoms with van der Waals surface area (Å²) in [4.78, 5) is 22.7. The molecule has 1 spiro atoms.